The Morgan fingerprint density at radius 1 is 1.42 bits per heavy atom. The highest BCUT2D eigenvalue weighted by Gasteiger charge is 2.45. The highest BCUT2D eigenvalue weighted by atomic mass is 16.5. The third-order valence-corrected chi connectivity index (χ3v) is 4.21. The van der Waals surface area contributed by atoms with Gasteiger partial charge in [0, 0.05) is 13.2 Å². The molecule has 102 valence electrons. The van der Waals surface area contributed by atoms with Crippen molar-refractivity contribution in [3.63, 3.8) is 0 Å². The van der Waals surface area contributed by atoms with Crippen LogP contribution in [0.25, 0.3) is 0 Å². The zero-order valence-corrected chi connectivity index (χ0v) is 11.4. The number of aliphatic imine (C=N–C) groups is 1. The summed E-state index contributed by atoms with van der Waals surface area (Å²) in [5, 5.41) is 0. The van der Waals surface area contributed by atoms with Crippen LogP contribution in [0.3, 0.4) is 0 Å². The van der Waals surface area contributed by atoms with Crippen molar-refractivity contribution in [1.29, 1.82) is 0 Å². The van der Waals surface area contributed by atoms with E-state index in [0.717, 1.165) is 32.5 Å². The second kappa shape index (κ2) is 4.85. The van der Waals surface area contributed by atoms with Crippen LogP contribution in [0.2, 0.25) is 0 Å². The molecule has 2 aliphatic heterocycles. The molecule has 2 atom stereocenters. The molecule has 19 heavy (non-hydrogen) atoms. The molecule has 0 aromatic heterocycles. The third kappa shape index (κ3) is 2.32. The maximum Gasteiger partial charge on any atom is 0.192 e. The molecule has 1 saturated heterocycles. The lowest BCUT2D eigenvalue weighted by molar-refractivity contribution is -0.0400. The Morgan fingerprint density at radius 3 is 2.95 bits per heavy atom. The Hall–Kier alpha value is -1.55. The molecular weight excluding hydrogens is 238 g/mol. The normalized spacial score (nSPS) is 30.7. The van der Waals surface area contributed by atoms with E-state index in [9.17, 15) is 0 Å². The summed E-state index contributed by atoms with van der Waals surface area (Å²) in [5.41, 5.74) is 7.46. The predicted octanol–water partition coefficient (Wildman–Crippen LogP) is 1.75. The zero-order valence-electron chi connectivity index (χ0n) is 11.4. The van der Waals surface area contributed by atoms with Crippen LogP contribution in [-0.2, 0) is 11.3 Å². The highest BCUT2D eigenvalue weighted by Crippen LogP contribution is 2.35. The average Bonchev–Trinajstić information content (AvgIpc) is 2.69. The van der Waals surface area contributed by atoms with Crippen LogP contribution in [0.15, 0.2) is 35.3 Å². The summed E-state index contributed by atoms with van der Waals surface area (Å²) in [7, 11) is 0. The van der Waals surface area contributed by atoms with Crippen LogP contribution < -0.4 is 5.73 Å². The number of hydrogen-bond acceptors (Lipinski definition) is 4. The van der Waals surface area contributed by atoms with Gasteiger partial charge < -0.3 is 15.4 Å². The number of nitrogens with zero attached hydrogens (tertiary/aromatic N) is 2. The van der Waals surface area contributed by atoms with Gasteiger partial charge in [0.25, 0.3) is 0 Å². The average molecular weight is 259 g/mol. The molecule has 2 unspecified atom stereocenters. The standard InChI is InChI=1S/C15H21N3O/c1-12-9-15(7-8-19-12)11-17-14(16)18(15)10-13-5-3-2-4-6-13/h2-6,12H,7-11H2,1H3,(H2,16,17). The van der Waals surface area contributed by atoms with Gasteiger partial charge in [-0.1, -0.05) is 30.3 Å². The van der Waals surface area contributed by atoms with Crippen molar-refractivity contribution in [3.05, 3.63) is 35.9 Å². The lowest BCUT2D eigenvalue weighted by Crippen LogP contribution is -2.55. The number of hydrogen-bond donors (Lipinski definition) is 1. The second-order valence-corrected chi connectivity index (χ2v) is 5.61. The number of benzene rings is 1. The molecule has 1 spiro atoms. The summed E-state index contributed by atoms with van der Waals surface area (Å²) in [4.78, 5) is 6.77. The number of rotatable bonds is 2. The highest BCUT2D eigenvalue weighted by molar-refractivity contribution is 5.81. The van der Waals surface area contributed by atoms with E-state index in [0.29, 0.717) is 5.96 Å². The van der Waals surface area contributed by atoms with E-state index in [1.165, 1.54) is 5.56 Å². The predicted molar refractivity (Wildman–Crippen MR) is 75.9 cm³/mol. The van der Waals surface area contributed by atoms with E-state index in [1.807, 2.05) is 6.07 Å². The molecule has 1 fully saturated rings. The van der Waals surface area contributed by atoms with E-state index < -0.39 is 0 Å². The first-order valence-corrected chi connectivity index (χ1v) is 6.93. The molecule has 2 N–H and O–H groups in total. The van der Waals surface area contributed by atoms with E-state index in [4.69, 9.17) is 10.5 Å². The molecule has 0 saturated carbocycles. The van der Waals surface area contributed by atoms with Gasteiger partial charge in [-0.2, -0.15) is 0 Å². The van der Waals surface area contributed by atoms with Crippen LogP contribution in [0, 0.1) is 0 Å². The summed E-state index contributed by atoms with van der Waals surface area (Å²) in [6, 6.07) is 10.5. The van der Waals surface area contributed by atoms with Gasteiger partial charge in [-0.15, -0.1) is 0 Å². The number of nitrogens with two attached hydrogens (primary N) is 1. The van der Waals surface area contributed by atoms with E-state index in [-0.39, 0.29) is 11.6 Å². The Balaban J connectivity index is 1.82. The second-order valence-electron chi connectivity index (χ2n) is 5.61. The fourth-order valence-corrected chi connectivity index (χ4v) is 3.19. The molecule has 2 aliphatic rings. The van der Waals surface area contributed by atoms with Crippen LogP contribution in [0.5, 0.6) is 0 Å². The molecule has 1 aromatic rings. The van der Waals surface area contributed by atoms with Crippen molar-refractivity contribution in [2.45, 2.75) is 38.0 Å². The Kier molecular flexibility index (Phi) is 3.19. The third-order valence-electron chi connectivity index (χ3n) is 4.21. The van der Waals surface area contributed by atoms with Crippen LogP contribution in [-0.4, -0.2) is 35.7 Å². The smallest absolute Gasteiger partial charge is 0.192 e. The van der Waals surface area contributed by atoms with Crippen molar-refractivity contribution in [3.8, 4) is 0 Å². The first kappa shape index (κ1) is 12.5. The fraction of sp³-hybridized carbons (Fsp3) is 0.533. The quantitative estimate of drug-likeness (QED) is 0.880. The van der Waals surface area contributed by atoms with Crippen LogP contribution >= 0.6 is 0 Å². The first-order chi connectivity index (χ1) is 9.20. The molecule has 0 radical (unpaired) electrons. The van der Waals surface area contributed by atoms with Crippen molar-refractivity contribution in [2.24, 2.45) is 10.7 Å². The lowest BCUT2D eigenvalue weighted by atomic mass is 9.86. The van der Waals surface area contributed by atoms with Crippen LogP contribution in [0.4, 0.5) is 0 Å². The molecule has 3 rings (SSSR count). The SMILES string of the molecule is CC1CC2(CCO1)CN=C(N)N2Cc1ccccc1. The molecule has 1 aromatic carbocycles. The van der Waals surface area contributed by atoms with Crippen molar-refractivity contribution >= 4 is 5.96 Å². The topological polar surface area (TPSA) is 50.9 Å². The summed E-state index contributed by atoms with van der Waals surface area (Å²) in [6.45, 7) is 4.58. The first-order valence-electron chi connectivity index (χ1n) is 6.93. The van der Waals surface area contributed by atoms with Gasteiger partial charge in [-0.3, -0.25) is 4.99 Å². The Labute approximate surface area is 114 Å². The Morgan fingerprint density at radius 2 is 2.21 bits per heavy atom. The largest absolute Gasteiger partial charge is 0.378 e. The van der Waals surface area contributed by atoms with E-state index in [2.05, 4.69) is 41.1 Å². The Bertz CT molecular complexity index is 474. The molecule has 0 aliphatic carbocycles. The molecular formula is C15H21N3O. The van der Waals surface area contributed by atoms with Gasteiger partial charge in [0.1, 0.15) is 0 Å². The van der Waals surface area contributed by atoms with Gasteiger partial charge in [0.2, 0.25) is 0 Å². The van der Waals surface area contributed by atoms with Crippen LogP contribution in [0.1, 0.15) is 25.3 Å². The van der Waals surface area contributed by atoms with Gasteiger partial charge in [0.15, 0.2) is 5.96 Å². The summed E-state index contributed by atoms with van der Waals surface area (Å²) in [5.74, 6) is 0.679. The van der Waals surface area contributed by atoms with Gasteiger partial charge in [-0.05, 0) is 25.3 Å². The molecule has 2 heterocycles. The minimum Gasteiger partial charge on any atom is -0.378 e. The lowest BCUT2D eigenvalue weighted by Gasteiger charge is -2.44. The van der Waals surface area contributed by atoms with Gasteiger partial charge >= 0.3 is 0 Å². The molecule has 0 amide bonds. The minimum absolute atomic E-state index is 0.0671. The molecule has 0 bridgehead atoms. The maximum atomic E-state index is 6.11. The van der Waals surface area contributed by atoms with E-state index in [1.54, 1.807) is 0 Å². The molecule has 4 nitrogen and oxygen atoms in total. The van der Waals surface area contributed by atoms with Crippen molar-refractivity contribution < 1.29 is 4.74 Å². The fourth-order valence-electron chi connectivity index (χ4n) is 3.19. The molecule has 4 heteroatoms. The van der Waals surface area contributed by atoms with Crippen molar-refractivity contribution in [2.75, 3.05) is 13.2 Å². The van der Waals surface area contributed by atoms with Gasteiger partial charge in [0.05, 0.1) is 18.2 Å². The zero-order chi connectivity index (χ0) is 13.3. The summed E-state index contributed by atoms with van der Waals surface area (Å²) >= 11 is 0. The van der Waals surface area contributed by atoms with Gasteiger partial charge in [-0.25, -0.2) is 0 Å². The monoisotopic (exact) mass is 259 g/mol. The van der Waals surface area contributed by atoms with Crippen molar-refractivity contribution in [1.82, 2.24) is 4.90 Å². The number of guanidine groups is 1. The number of ether oxygens (including phenoxy) is 1. The summed E-state index contributed by atoms with van der Waals surface area (Å²) in [6.07, 6.45) is 2.30. The minimum atomic E-state index is 0.0671. The summed E-state index contributed by atoms with van der Waals surface area (Å²) < 4.78 is 5.68. The maximum absolute atomic E-state index is 6.11. The van der Waals surface area contributed by atoms with E-state index >= 15 is 0 Å².